The molecular formula is C42H49N5O9P+. The van der Waals surface area contributed by atoms with Crippen molar-refractivity contribution < 1.29 is 42.6 Å². The van der Waals surface area contributed by atoms with E-state index in [1.807, 2.05) is 78.9 Å². The topological polar surface area (TPSA) is 168 Å². The smallest absolute Gasteiger partial charge is 0.488 e. The highest BCUT2D eigenvalue weighted by molar-refractivity contribution is 7.30. The third-order valence-electron chi connectivity index (χ3n) is 9.82. The summed E-state index contributed by atoms with van der Waals surface area (Å²) in [7, 11) is -0.104. The van der Waals surface area contributed by atoms with Crippen LogP contribution in [0.4, 0.5) is 5.82 Å². The van der Waals surface area contributed by atoms with E-state index < -0.39 is 43.9 Å². The third kappa shape index (κ3) is 10.7. The molecule has 1 aliphatic heterocycles. The quantitative estimate of drug-likeness (QED) is 0.106. The predicted molar refractivity (Wildman–Crippen MR) is 213 cm³/mol. The molecule has 0 aliphatic carbocycles. The average molecular weight is 799 g/mol. The van der Waals surface area contributed by atoms with Gasteiger partial charge in [-0.05, 0) is 84.5 Å². The third-order valence-corrected chi connectivity index (χ3v) is 10.3. The van der Waals surface area contributed by atoms with Gasteiger partial charge in [0.15, 0.2) is 0 Å². The number of nitrogens with zero attached hydrogens (tertiary/aromatic N) is 3. The Morgan fingerprint density at radius 3 is 1.95 bits per heavy atom. The Morgan fingerprint density at radius 1 is 0.877 bits per heavy atom. The van der Waals surface area contributed by atoms with Crippen LogP contribution in [-0.4, -0.2) is 73.1 Å². The number of pyridine rings is 1. The number of carbonyl (C=O) groups is 1. The van der Waals surface area contributed by atoms with Crippen molar-refractivity contribution >= 4 is 20.0 Å². The van der Waals surface area contributed by atoms with Gasteiger partial charge in [0.05, 0.1) is 40.5 Å². The van der Waals surface area contributed by atoms with Crippen molar-refractivity contribution in [2.75, 3.05) is 45.8 Å². The van der Waals surface area contributed by atoms with Crippen molar-refractivity contribution in [3.05, 3.63) is 148 Å². The summed E-state index contributed by atoms with van der Waals surface area (Å²) in [5.74, 6) is 0.790. The molecule has 1 aliphatic rings. The van der Waals surface area contributed by atoms with Gasteiger partial charge < -0.3 is 34.1 Å². The lowest BCUT2D eigenvalue weighted by molar-refractivity contribution is -0.894. The molecule has 300 valence electrons. The molecule has 0 bridgehead atoms. The minimum Gasteiger partial charge on any atom is -0.566 e. The molecule has 1 saturated heterocycles. The summed E-state index contributed by atoms with van der Waals surface area (Å²) < 4.78 is 42.4. The molecule has 1 fully saturated rings. The van der Waals surface area contributed by atoms with E-state index in [0.29, 0.717) is 11.5 Å². The van der Waals surface area contributed by atoms with E-state index in [0.717, 1.165) is 16.7 Å². The molecule has 2 N–H and O–H groups in total. The van der Waals surface area contributed by atoms with E-state index in [2.05, 4.69) is 36.1 Å². The van der Waals surface area contributed by atoms with Gasteiger partial charge in [0, 0.05) is 18.8 Å². The maximum Gasteiger partial charge on any atom is 0.488 e. The van der Waals surface area contributed by atoms with Crippen molar-refractivity contribution in [3.63, 3.8) is 0 Å². The number of benzene rings is 3. The first-order valence-electron chi connectivity index (χ1n) is 18.8. The predicted octanol–water partition coefficient (Wildman–Crippen LogP) is 4.54. The van der Waals surface area contributed by atoms with E-state index >= 15 is 0 Å². The molecule has 6 rings (SSSR count). The molecule has 0 spiro atoms. The molecular weight excluding hydrogens is 749 g/mol. The molecule has 4 atom stereocenters. The fourth-order valence-electron chi connectivity index (χ4n) is 6.65. The lowest BCUT2D eigenvalue weighted by atomic mass is 9.80. The van der Waals surface area contributed by atoms with E-state index in [1.165, 1.54) is 48.7 Å². The van der Waals surface area contributed by atoms with Gasteiger partial charge in [0.1, 0.15) is 47.0 Å². The van der Waals surface area contributed by atoms with Gasteiger partial charge in [0.2, 0.25) is 0 Å². The van der Waals surface area contributed by atoms with Gasteiger partial charge in [-0.1, -0.05) is 60.7 Å². The Morgan fingerprint density at radius 2 is 1.46 bits per heavy atom. The second-order valence-corrected chi connectivity index (χ2v) is 13.7. The number of nitrogens with one attached hydrogen (secondary N) is 2. The minimum absolute atomic E-state index is 0.00196. The van der Waals surface area contributed by atoms with Crippen LogP contribution in [0.25, 0.3) is 0 Å². The SMILES string of the molecule is CC[NH+](CC)CC.COc1ccc(C(OC[C@H]2O[C@@H](n3ccc(NC(=O)c4ccccn4)nc3=O)C[C@@H]2O[P+](=O)[O-])(c2ccccc2)c2ccc(OC)cc2)cc1. The second-order valence-electron chi connectivity index (χ2n) is 13.0. The van der Waals surface area contributed by atoms with Crippen molar-refractivity contribution in [1.29, 1.82) is 0 Å². The number of rotatable bonds is 16. The highest BCUT2D eigenvalue weighted by atomic mass is 31.1. The number of aromatic nitrogens is 3. The van der Waals surface area contributed by atoms with Gasteiger partial charge in [-0.15, -0.1) is 4.52 Å². The first-order chi connectivity index (χ1) is 27.6. The lowest BCUT2D eigenvalue weighted by Gasteiger charge is -2.37. The molecule has 0 saturated carbocycles. The van der Waals surface area contributed by atoms with Crippen molar-refractivity contribution in [2.24, 2.45) is 0 Å². The van der Waals surface area contributed by atoms with Gasteiger partial charge in [-0.2, -0.15) is 4.98 Å². The minimum atomic E-state index is -3.27. The van der Waals surface area contributed by atoms with Crippen LogP contribution in [0.5, 0.6) is 11.5 Å². The van der Waals surface area contributed by atoms with Crippen LogP contribution in [0, 0.1) is 0 Å². The Labute approximate surface area is 333 Å². The number of hydrogen-bond acceptors (Lipinski definition) is 11. The Balaban J connectivity index is 0.000000811. The molecule has 57 heavy (non-hydrogen) atoms. The van der Waals surface area contributed by atoms with Crippen molar-refractivity contribution in [1.82, 2.24) is 14.5 Å². The van der Waals surface area contributed by atoms with Crippen LogP contribution in [0.1, 0.15) is 60.6 Å². The summed E-state index contributed by atoms with van der Waals surface area (Å²) in [5.41, 5.74) is 0.539. The number of amides is 1. The van der Waals surface area contributed by atoms with Crippen LogP contribution >= 0.6 is 8.25 Å². The number of anilines is 1. The Hall–Kier alpha value is -5.34. The monoisotopic (exact) mass is 798 g/mol. The highest BCUT2D eigenvalue weighted by Gasteiger charge is 2.45. The van der Waals surface area contributed by atoms with Crippen LogP contribution in [0.15, 0.2) is 120 Å². The standard InChI is InChI=1S/C36H33N4O9P.C6H15N/c1-45-27-15-11-25(12-16-27)36(24-8-4-3-5-9-24,26-13-17-28(46-2)18-14-26)47-23-31-30(49-50(43)44)22-33(48-31)40-21-19-32(39-35(40)42)38-34(41)29-10-6-7-20-37-29;1-4-7(5-2)6-3/h3-21,30-31,33H,22-23H2,1-2H3,(H,38,39,41,42);4-6H2,1-3H3/p+1/t30-,31+,33+;/m0./s1. The first-order valence-corrected chi connectivity index (χ1v) is 19.8. The fourth-order valence-corrected chi connectivity index (χ4v) is 7.10. The number of methoxy groups -OCH3 is 2. The highest BCUT2D eigenvalue weighted by Crippen LogP contribution is 2.43. The van der Waals surface area contributed by atoms with Gasteiger partial charge >= 0.3 is 13.9 Å². The molecule has 3 aromatic carbocycles. The summed E-state index contributed by atoms with van der Waals surface area (Å²) in [5, 5.41) is 2.55. The van der Waals surface area contributed by atoms with Gasteiger partial charge in [-0.25, -0.2) is 4.79 Å². The number of ether oxygens (including phenoxy) is 4. The van der Waals surface area contributed by atoms with Crippen LogP contribution in [0.2, 0.25) is 0 Å². The Kier molecular flexibility index (Phi) is 15.6. The van der Waals surface area contributed by atoms with E-state index in [1.54, 1.807) is 31.3 Å². The van der Waals surface area contributed by atoms with Crippen molar-refractivity contribution in [2.45, 2.75) is 51.2 Å². The molecule has 1 unspecified atom stereocenters. The first kappa shape index (κ1) is 42.8. The molecule has 14 nitrogen and oxygen atoms in total. The van der Waals surface area contributed by atoms with Crippen LogP contribution < -0.4 is 30.3 Å². The lowest BCUT2D eigenvalue weighted by Crippen LogP contribution is -3.11. The molecule has 15 heteroatoms. The summed E-state index contributed by atoms with van der Waals surface area (Å²) in [6.07, 6.45) is 0.0253. The van der Waals surface area contributed by atoms with Crippen molar-refractivity contribution in [3.8, 4) is 11.5 Å². The zero-order chi connectivity index (χ0) is 40.8. The van der Waals surface area contributed by atoms with E-state index in [-0.39, 0.29) is 24.5 Å². The molecule has 2 aromatic heterocycles. The van der Waals surface area contributed by atoms with Crippen LogP contribution in [0.3, 0.4) is 0 Å². The summed E-state index contributed by atoms with van der Waals surface area (Å²) >= 11 is 0. The van der Waals surface area contributed by atoms with E-state index in [9.17, 15) is 19.0 Å². The maximum absolute atomic E-state index is 13.2. The number of hydrogen-bond donors (Lipinski definition) is 2. The zero-order valence-corrected chi connectivity index (χ0v) is 33.6. The summed E-state index contributed by atoms with van der Waals surface area (Å²) in [6, 6.07) is 30.8. The molecule has 1 amide bonds. The summed E-state index contributed by atoms with van der Waals surface area (Å²) in [6.45, 7) is 10.3. The van der Waals surface area contributed by atoms with E-state index in [4.69, 9.17) is 23.5 Å². The Bertz CT molecular complexity index is 2030. The molecule has 5 aromatic rings. The zero-order valence-electron chi connectivity index (χ0n) is 32.7. The molecule has 0 radical (unpaired) electrons. The summed E-state index contributed by atoms with van der Waals surface area (Å²) in [4.78, 5) is 47.2. The average Bonchev–Trinajstić information content (AvgIpc) is 3.64. The van der Waals surface area contributed by atoms with Crippen LogP contribution in [-0.2, 0) is 24.2 Å². The second kappa shape index (κ2) is 20.7. The molecule has 3 heterocycles. The van der Waals surface area contributed by atoms with Gasteiger partial charge in [-0.3, -0.25) is 14.3 Å². The largest absolute Gasteiger partial charge is 0.566 e. The fraction of sp³-hybridized carbons (Fsp3) is 0.333. The maximum atomic E-state index is 13.2. The normalized spacial score (nSPS) is 16.7. The number of quaternary nitrogens is 1. The van der Waals surface area contributed by atoms with Gasteiger partial charge in [0.25, 0.3) is 5.91 Å². The number of carbonyl (C=O) groups excluding carboxylic acids is 1.